The summed E-state index contributed by atoms with van der Waals surface area (Å²) in [5, 5.41) is 19.5. The molecule has 0 aliphatic heterocycles. The van der Waals surface area contributed by atoms with Gasteiger partial charge in [-0.25, -0.2) is 0 Å². The SMILES string of the molecule is Cc1nn(CCO)c(C)c1CNc1ccc2ccccc2c1. The van der Waals surface area contributed by atoms with Crippen molar-refractivity contribution in [2.45, 2.75) is 26.9 Å². The summed E-state index contributed by atoms with van der Waals surface area (Å²) in [6.07, 6.45) is 0. The van der Waals surface area contributed by atoms with Crippen LogP contribution in [-0.4, -0.2) is 21.5 Å². The van der Waals surface area contributed by atoms with Crippen LogP contribution in [0.5, 0.6) is 0 Å². The first-order chi connectivity index (χ1) is 10.7. The van der Waals surface area contributed by atoms with Gasteiger partial charge in [0.05, 0.1) is 18.8 Å². The summed E-state index contributed by atoms with van der Waals surface area (Å²) in [7, 11) is 0. The molecule has 0 saturated carbocycles. The van der Waals surface area contributed by atoms with E-state index < -0.39 is 0 Å². The van der Waals surface area contributed by atoms with Crippen LogP contribution in [0.4, 0.5) is 5.69 Å². The Morgan fingerprint density at radius 2 is 1.86 bits per heavy atom. The van der Waals surface area contributed by atoms with Gasteiger partial charge >= 0.3 is 0 Å². The summed E-state index contributed by atoms with van der Waals surface area (Å²) in [5.74, 6) is 0. The second kappa shape index (κ2) is 6.20. The summed E-state index contributed by atoms with van der Waals surface area (Å²) >= 11 is 0. The zero-order valence-electron chi connectivity index (χ0n) is 13.0. The summed E-state index contributed by atoms with van der Waals surface area (Å²) in [4.78, 5) is 0. The number of anilines is 1. The Kier molecular flexibility index (Phi) is 4.11. The number of hydrogen-bond acceptors (Lipinski definition) is 3. The highest BCUT2D eigenvalue weighted by atomic mass is 16.3. The Hall–Kier alpha value is -2.33. The molecule has 1 aromatic heterocycles. The third kappa shape index (κ3) is 2.83. The number of aliphatic hydroxyl groups excluding tert-OH is 1. The molecule has 0 saturated heterocycles. The van der Waals surface area contributed by atoms with Crippen molar-refractivity contribution in [3.63, 3.8) is 0 Å². The molecule has 3 aromatic rings. The van der Waals surface area contributed by atoms with Crippen LogP contribution in [0.15, 0.2) is 42.5 Å². The van der Waals surface area contributed by atoms with Crippen LogP contribution in [-0.2, 0) is 13.1 Å². The molecule has 1 heterocycles. The first-order valence-corrected chi connectivity index (χ1v) is 7.55. The van der Waals surface area contributed by atoms with Gasteiger partial charge in [-0.1, -0.05) is 30.3 Å². The van der Waals surface area contributed by atoms with Gasteiger partial charge in [0, 0.05) is 23.5 Å². The third-order valence-corrected chi connectivity index (χ3v) is 4.06. The Morgan fingerprint density at radius 1 is 1.09 bits per heavy atom. The number of nitrogens with zero attached hydrogens (tertiary/aromatic N) is 2. The number of aryl methyl sites for hydroxylation is 1. The molecule has 22 heavy (non-hydrogen) atoms. The van der Waals surface area contributed by atoms with Gasteiger partial charge in [0.25, 0.3) is 0 Å². The zero-order chi connectivity index (χ0) is 15.5. The highest BCUT2D eigenvalue weighted by Crippen LogP contribution is 2.20. The minimum atomic E-state index is 0.111. The van der Waals surface area contributed by atoms with Gasteiger partial charge in [0.15, 0.2) is 0 Å². The van der Waals surface area contributed by atoms with Gasteiger partial charge in [-0.3, -0.25) is 4.68 Å². The molecule has 0 bridgehead atoms. The van der Waals surface area contributed by atoms with Crippen LogP contribution in [0, 0.1) is 13.8 Å². The van der Waals surface area contributed by atoms with E-state index in [4.69, 9.17) is 5.11 Å². The van der Waals surface area contributed by atoms with Crippen molar-refractivity contribution in [2.75, 3.05) is 11.9 Å². The van der Waals surface area contributed by atoms with Gasteiger partial charge < -0.3 is 10.4 Å². The molecule has 114 valence electrons. The average molecular weight is 295 g/mol. The van der Waals surface area contributed by atoms with Gasteiger partial charge in [0.2, 0.25) is 0 Å². The highest BCUT2D eigenvalue weighted by Gasteiger charge is 2.10. The monoisotopic (exact) mass is 295 g/mol. The van der Waals surface area contributed by atoms with E-state index in [2.05, 4.69) is 52.9 Å². The molecule has 0 aliphatic carbocycles. The fourth-order valence-corrected chi connectivity index (χ4v) is 2.79. The van der Waals surface area contributed by atoms with Crippen LogP contribution >= 0.6 is 0 Å². The summed E-state index contributed by atoms with van der Waals surface area (Å²) in [5.41, 5.74) is 4.42. The van der Waals surface area contributed by atoms with E-state index in [1.807, 2.05) is 18.5 Å². The number of hydrogen-bond donors (Lipinski definition) is 2. The van der Waals surface area contributed by atoms with Crippen molar-refractivity contribution in [1.29, 1.82) is 0 Å². The molecule has 0 fully saturated rings. The van der Waals surface area contributed by atoms with Gasteiger partial charge in [0.1, 0.15) is 0 Å². The summed E-state index contributed by atoms with van der Waals surface area (Å²) in [6.45, 7) is 5.45. The maximum Gasteiger partial charge on any atom is 0.0646 e. The summed E-state index contributed by atoms with van der Waals surface area (Å²) < 4.78 is 1.87. The molecule has 3 rings (SSSR count). The smallest absolute Gasteiger partial charge is 0.0646 e. The highest BCUT2D eigenvalue weighted by molar-refractivity contribution is 5.85. The van der Waals surface area contributed by atoms with E-state index >= 15 is 0 Å². The van der Waals surface area contributed by atoms with Crippen molar-refractivity contribution >= 4 is 16.5 Å². The van der Waals surface area contributed by atoms with Crippen LogP contribution in [0.2, 0.25) is 0 Å². The number of aromatic nitrogens is 2. The van der Waals surface area contributed by atoms with Crippen molar-refractivity contribution in [2.24, 2.45) is 0 Å². The Morgan fingerprint density at radius 3 is 2.64 bits per heavy atom. The minimum Gasteiger partial charge on any atom is -0.394 e. The van der Waals surface area contributed by atoms with Crippen LogP contribution in [0.1, 0.15) is 17.0 Å². The topological polar surface area (TPSA) is 50.1 Å². The molecule has 4 heteroatoms. The van der Waals surface area contributed by atoms with E-state index in [1.54, 1.807) is 0 Å². The number of fused-ring (bicyclic) bond motifs is 1. The lowest BCUT2D eigenvalue weighted by atomic mass is 10.1. The first-order valence-electron chi connectivity index (χ1n) is 7.55. The number of nitrogens with one attached hydrogen (secondary N) is 1. The van der Waals surface area contributed by atoms with E-state index in [0.717, 1.165) is 23.6 Å². The lowest BCUT2D eigenvalue weighted by Gasteiger charge is -2.09. The molecular weight excluding hydrogens is 274 g/mol. The quantitative estimate of drug-likeness (QED) is 0.759. The number of aliphatic hydroxyl groups is 1. The lowest BCUT2D eigenvalue weighted by molar-refractivity contribution is 0.268. The Labute approximate surface area is 130 Å². The molecule has 0 atom stereocenters. The number of benzene rings is 2. The molecule has 0 unspecified atom stereocenters. The van der Waals surface area contributed by atoms with Gasteiger partial charge in [-0.15, -0.1) is 0 Å². The predicted molar refractivity (Wildman–Crippen MR) is 90.1 cm³/mol. The molecule has 0 radical (unpaired) electrons. The van der Waals surface area contributed by atoms with Crippen molar-refractivity contribution < 1.29 is 5.11 Å². The van der Waals surface area contributed by atoms with E-state index in [1.165, 1.54) is 16.3 Å². The minimum absolute atomic E-state index is 0.111. The van der Waals surface area contributed by atoms with Crippen LogP contribution < -0.4 is 5.32 Å². The molecule has 0 aliphatic rings. The van der Waals surface area contributed by atoms with Crippen molar-refractivity contribution in [3.05, 3.63) is 59.4 Å². The second-order valence-electron chi connectivity index (χ2n) is 5.51. The Bertz CT molecular complexity index is 792. The fraction of sp³-hybridized carbons (Fsp3) is 0.278. The van der Waals surface area contributed by atoms with Crippen molar-refractivity contribution in [3.8, 4) is 0 Å². The molecular formula is C18H21N3O. The third-order valence-electron chi connectivity index (χ3n) is 4.06. The Balaban J connectivity index is 1.79. The van der Waals surface area contributed by atoms with E-state index in [0.29, 0.717) is 6.54 Å². The lowest BCUT2D eigenvalue weighted by Crippen LogP contribution is -2.07. The average Bonchev–Trinajstić information content (AvgIpc) is 2.80. The maximum atomic E-state index is 9.08. The van der Waals surface area contributed by atoms with Crippen LogP contribution in [0.3, 0.4) is 0 Å². The standard InChI is InChI=1S/C18H21N3O/c1-13-18(14(2)21(20-13)9-10-22)12-19-17-8-7-15-5-3-4-6-16(15)11-17/h3-8,11,19,22H,9-10,12H2,1-2H3. The molecule has 2 aromatic carbocycles. The molecule has 0 amide bonds. The zero-order valence-corrected chi connectivity index (χ0v) is 13.0. The molecule has 0 spiro atoms. The maximum absolute atomic E-state index is 9.08. The number of rotatable bonds is 5. The largest absolute Gasteiger partial charge is 0.394 e. The predicted octanol–water partition coefficient (Wildman–Crippen LogP) is 3.26. The van der Waals surface area contributed by atoms with Gasteiger partial charge in [-0.2, -0.15) is 5.10 Å². The summed E-state index contributed by atoms with van der Waals surface area (Å²) in [6, 6.07) is 14.7. The molecule has 2 N–H and O–H groups in total. The van der Waals surface area contributed by atoms with Crippen molar-refractivity contribution in [1.82, 2.24) is 9.78 Å². The normalized spacial score (nSPS) is 11.0. The second-order valence-corrected chi connectivity index (χ2v) is 5.51. The van der Waals surface area contributed by atoms with Crippen LogP contribution in [0.25, 0.3) is 10.8 Å². The first kappa shape index (κ1) is 14.6. The fourth-order valence-electron chi connectivity index (χ4n) is 2.79. The van der Waals surface area contributed by atoms with E-state index in [9.17, 15) is 0 Å². The van der Waals surface area contributed by atoms with E-state index in [-0.39, 0.29) is 6.61 Å². The van der Waals surface area contributed by atoms with Gasteiger partial charge in [-0.05, 0) is 36.8 Å². The molecule has 4 nitrogen and oxygen atoms in total.